The van der Waals surface area contributed by atoms with Crippen molar-refractivity contribution < 1.29 is 4.79 Å². The predicted molar refractivity (Wildman–Crippen MR) is 118 cm³/mol. The molecule has 2 aromatic carbocycles. The van der Waals surface area contributed by atoms with Crippen LogP contribution in [-0.4, -0.2) is 19.5 Å². The molecule has 0 spiro atoms. The molecule has 3 rings (SSSR count). The Morgan fingerprint density at radius 1 is 1.25 bits per heavy atom. The number of allylic oxidation sites excluding steroid dienone is 1. The van der Waals surface area contributed by atoms with Gasteiger partial charge in [0.25, 0.3) is 5.91 Å². The van der Waals surface area contributed by atoms with E-state index in [0.717, 1.165) is 40.9 Å². The minimum absolute atomic E-state index is 0.0946. The van der Waals surface area contributed by atoms with Crippen molar-refractivity contribution in [2.75, 3.05) is 24.2 Å². The Morgan fingerprint density at radius 2 is 2.04 bits per heavy atom. The average molecular weight is 374 g/mol. The van der Waals surface area contributed by atoms with E-state index in [1.54, 1.807) is 0 Å². The lowest BCUT2D eigenvalue weighted by Crippen LogP contribution is -2.22. The molecule has 144 valence electrons. The summed E-state index contributed by atoms with van der Waals surface area (Å²) in [6.07, 6.45) is 7.35. The Kier molecular flexibility index (Phi) is 6.33. The number of anilines is 2. The van der Waals surface area contributed by atoms with Gasteiger partial charge in [-0.05, 0) is 66.4 Å². The molecule has 1 aliphatic rings. The van der Waals surface area contributed by atoms with Crippen LogP contribution in [0.2, 0.25) is 0 Å². The van der Waals surface area contributed by atoms with Crippen molar-refractivity contribution in [1.82, 2.24) is 5.32 Å². The molecule has 28 heavy (non-hydrogen) atoms. The zero-order chi connectivity index (χ0) is 19.9. The Balaban J connectivity index is 1.91. The molecule has 4 heteroatoms. The molecule has 0 saturated carbocycles. The molecule has 1 aliphatic heterocycles. The van der Waals surface area contributed by atoms with Gasteiger partial charge in [0.1, 0.15) is 0 Å². The van der Waals surface area contributed by atoms with Crippen LogP contribution >= 0.6 is 0 Å². The van der Waals surface area contributed by atoms with Crippen molar-refractivity contribution in [1.29, 1.82) is 0 Å². The minimum Gasteiger partial charge on any atom is -0.388 e. The van der Waals surface area contributed by atoms with E-state index >= 15 is 0 Å². The molecule has 0 unspecified atom stereocenters. The number of nitrogens with one attached hydrogen (secondary N) is 3. The van der Waals surface area contributed by atoms with Gasteiger partial charge in [-0.2, -0.15) is 0 Å². The van der Waals surface area contributed by atoms with E-state index in [-0.39, 0.29) is 5.91 Å². The Labute approximate surface area is 167 Å². The zero-order valence-corrected chi connectivity index (χ0v) is 16.5. The third-order valence-corrected chi connectivity index (χ3v) is 4.88. The maximum absolute atomic E-state index is 13.1. The number of hydrogen-bond acceptors (Lipinski definition) is 3. The highest BCUT2D eigenvalue weighted by Gasteiger charge is 2.18. The predicted octanol–water partition coefficient (Wildman–Crippen LogP) is 4.66. The lowest BCUT2D eigenvalue weighted by molar-refractivity contribution is -0.112. The smallest absolute Gasteiger partial charge is 0.256 e. The number of amides is 1. The van der Waals surface area contributed by atoms with E-state index in [4.69, 9.17) is 0 Å². The van der Waals surface area contributed by atoms with E-state index in [2.05, 4.69) is 29.5 Å². The van der Waals surface area contributed by atoms with Crippen LogP contribution in [0.4, 0.5) is 11.4 Å². The van der Waals surface area contributed by atoms with Crippen LogP contribution in [0.1, 0.15) is 23.1 Å². The third-order valence-electron chi connectivity index (χ3n) is 4.88. The molecule has 0 radical (unpaired) electrons. The molecule has 4 nitrogen and oxygen atoms in total. The standard InChI is InChI=1S/C24H27N3O/c1-4-5-9-19-15-20(14-17(2)23(19)25-3)27-24(28)21-12-13-26-16-22(21)18-10-7-6-8-11-18/h4,6-8,10-15,25-26H,1,5,9,16H2,2-3H3,(H,27,28). The first kappa shape index (κ1) is 19.5. The van der Waals surface area contributed by atoms with Crippen molar-refractivity contribution in [3.05, 3.63) is 89.7 Å². The van der Waals surface area contributed by atoms with Crippen LogP contribution in [0.5, 0.6) is 0 Å². The number of hydrogen-bond donors (Lipinski definition) is 3. The molecule has 2 aromatic rings. The van der Waals surface area contributed by atoms with Crippen molar-refractivity contribution in [3.63, 3.8) is 0 Å². The summed E-state index contributed by atoms with van der Waals surface area (Å²) in [5, 5.41) is 9.56. The van der Waals surface area contributed by atoms with Gasteiger partial charge in [-0.1, -0.05) is 36.4 Å². The summed E-state index contributed by atoms with van der Waals surface area (Å²) in [5.41, 5.74) is 6.95. The highest BCUT2D eigenvalue weighted by atomic mass is 16.1. The quantitative estimate of drug-likeness (QED) is 0.619. The van der Waals surface area contributed by atoms with Crippen molar-refractivity contribution >= 4 is 22.9 Å². The van der Waals surface area contributed by atoms with Gasteiger partial charge in [0.05, 0.1) is 0 Å². The van der Waals surface area contributed by atoms with Crippen LogP contribution in [0, 0.1) is 6.92 Å². The van der Waals surface area contributed by atoms with Crippen LogP contribution < -0.4 is 16.0 Å². The number of carbonyl (C=O) groups excluding carboxylic acids is 1. The van der Waals surface area contributed by atoms with E-state index in [0.29, 0.717) is 12.1 Å². The van der Waals surface area contributed by atoms with Gasteiger partial charge in [-0.3, -0.25) is 4.79 Å². The first-order valence-electron chi connectivity index (χ1n) is 9.56. The second-order valence-corrected chi connectivity index (χ2v) is 6.83. The summed E-state index contributed by atoms with van der Waals surface area (Å²) in [7, 11) is 1.93. The van der Waals surface area contributed by atoms with Crippen molar-refractivity contribution in [3.8, 4) is 0 Å². The maximum Gasteiger partial charge on any atom is 0.256 e. The molecular formula is C24H27N3O. The van der Waals surface area contributed by atoms with Crippen LogP contribution in [0.15, 0.2) is 73.0 Å². The normalized spacial score (nSPS) is 13.1. The fourth-order valence-corrected chi connectivity index (χ4v) is 3.55. The van der Waals surface area contributed by atoms with Gasteiger partial charge in [0.15, 0.2) is 0 Å². The van der Waals surface area contributed by atoms with E-state index in [1.165, 1.54) is 5.56 Å². The van der Waals surface area contributed by atoms with Gasteiger partial charge in [0.2, 0.25) is 0 Å². The largest absolute Gasteiger partial charge is 0.388 e. The average Bonchev–Trinajstić information content (AvgIpc) is 2.72. The first-order valence-corrected chi connectivity index (χ1v) is 9.56. The number of carbonyl (C=O) groups is 1. The lowest BCUT2D eigenvalue weighted by Gasteiger charge is -2.19. The molecule has 0 atom stereocenters. The van der Waals surface area contributed by atoms with E-state index in [1.807, 2.05) is 67.9 Å². The van der Waals surface area contributed by atoms with Gasteiger partial charge in [-0.25, -0.2) is 0 Å². The van der Waals surface area contributed by atoms with E-state index in [9.17, 15) is 4.79 Å². The molecule has 1 heterocycles. The van der Waals surface area contributed by atoms with Crippen molar-refractivity contribution in [2.45, 2.75) is 19.8 Å². The third kappa shape index (κ3) is 4.34. The summed E-state index contributed by atoms with van der Waals surface area (Å²) in [5.74, 6) is -0.0946. The monoisotopic (exact) mass is 373 g/mol. The molecule has 1 amide bonds. The number of benzene rings is 2. The van der Waals surface area contributed by atoms with Crippen molar-refractivity contribution in [2.24, 2.45) is 0 Å². The molecule has 0 saturated heterocycles. The van der Waals surface area contributed by atoms with Gasteiger partial charge in [0, 0.05) is 30.5 Å². The van der Waals surface area contributed by atoms with Crippen LogP contribution in [0.3, 0.4) is 0 Å². The van der Waals surface area contributed by atoms with Gasteiger partial charge >= 0.3 is 0 Å². The fraction of sp³-hybridized carbons (Fsp3) is 0.208. The molecule has 0 fully saturated rings. The number of dihydropyridines is 1. The SMILES string of the molecule is C=CCCc1cc(NC(=O)C2=C(c3ccccc3)CNC=C2)cc(C)c1NC. The highest BCUT2D eigenvalue weighted by Crippen LogP contribution is 2.28. The molecule has 0 aromatic heterocycles. The summed E-state index contributed by atoms with van der Waals surface area (Å²) < 4.78 is 0. The van der Waals surface area contributed by atoms with Crippen LogP contribution in [-0.2, 0) is 11.2 Å². The zero-order valence-electron chi connectivity index (χ0n) is 16.5. The number of aryl methyl sites for hydroxylation is 2. The maximum atomic E-state index is 13.1. The molecule has 0 bridgehead atoms. The van der Waals surface area contributed by atoms with Gasteiger partial charge < -0.3 is 16.0 Å². The van der Waals surface area contributed by atoms with E-state index < -0.39 is 0 Å². The topological polar surface area (TPSA) is 53.2 Å². The summed E-state index contributed by atoms with van der Waals surface area (Å²) in [6, 6.07) is 14.1. The number of rotatable bonds is 7. The van der Waals surface area contributed by atoms with Gasteiger partial charge in [-0.15, -0.1) is 6.58 Å². The molecule has 3 N–H and O–H groups in total. The second-order valence-electron chi connectivity index (χ2n) is 6.83. The molecule has 0 aliphatic carbocycles. The highest BCUT2D eigenvalue weighted by molar-refractivity contribution is 6.11. The molecular weight excluding hydrogens is 346 g/mol. The summed E-state index contributed by atoms with van der Waals surface area (Å²) >= 11 is 0. The summed E-state index contributed by atoms with van der Waals surface area (Å²) in [6.45, 7) is 6.50. The first-order chi connectivity index (χ1) is 13.6. The summed E-state index contributed by atoms with van der Waals surface area (Å²) in [4.78, 5) is 13.1. The Bertz CT molecular complexity index is 926. The minimum atomic E-state index is -0.0946. The second kappa shape index (κ2) is 9.09. The Hall–Kier alpha value is -3.27. The Morgan fingerprint density at radius 3 is 2.75 bits per heavy atom. The van der Waals surface area contributed by atoms with Crippen LogP contribution in [0.25, 0.3) is 5.57 Å². The fourth-order valence-electron chi connectivity index (χ4n) is 3.55. The lowest BCUT2D eigenvalue weighted by atomic mass is 9.97.